The first-order valence-corrected chi connectivity index (χ1v) is 8.12. The van der Waals surface area contributed by atoms with Gasteiger partial charge in [-0.2, -0.15) is 0 Å². The molecule has 3 aromatic rings. The molecule has 0 saturated carbocycles. The average molecular weight is 332 g/mol. The van der Waals surface area contributed by atoms with E-state index in [0.29, 0.717) is 23.9 Å². The number of benzene rings is 2. The molecule has 0 atom stereocenters. The molecule has 3 rings (SSSR count). The first-order valence-electron chi connectivity index (χ1n) is 8.12. The summed E-state index contributed by atoms with van der Waals surface area (Å²) in [6.45, 7) is 4.41. The highest BCUT2D eigenvalue weighted by Crippen LogP contribution is 2.13. The number of nitrogens with one attached hydrogen (secondary N) is 2. The van der Waals surface area contributed by atoms with Crippen LogP contribution >= 0.6 is 0 Å². The van der Waals surface area contributed by atoms with Gasteiger partial charge in [0.2, 0.25) is 0 Å². The van der Waals surface area contributed by atoms with E-state index in [1.54, 1.807) is 13.0 Å². The Hall–Kier alpha value is -3.21. The van der Waals surface area contributed by atoms with Crippen molar-refractivity contribution in [2.24, 2.45) is 0 Å². The van der Waals surface area contributed by atoms with Gasteiger partial charge in [0.25, 0.3) is 5.91 Å². The molecule has 5 nitrogen and oxygen atoms in total. The molecule has 2 N–H and O–H groups in total. The Bertz CT molecular complexity index is 861. The minimum Gasteiger partial charge on any atom is -0.366 e. The Kier molecular flexibility index (Phi) is 5.04. The molecule has 0 fully saturated rings. The third kappa shape index (κ3) is 4.64. The summed E-state index contributed by atoms with van der Waals surface area (Å²) in [4.78, 5) is 21.0. The van der Waals surface area contributed by atoms with E-state index in [-0.39, 0.29) is 5.91 Å². The molecule has 0 bridgehead atoms. The number of nitrogens with zero attached hydrogens (tertiary/aromatic N) is 2. The van der Waals surface area contributed by atoms with E-state index in [9.17, 15) is 4.79 Å². The quantitative estimate of drug-likeness (QED) is 0.742. The van der Waals surface area contributed by atoms with Crippen molar-refractivity contribution in [3.05, 3.63) is 83.3 Å². The lowest BCUT2D eigenvalue weighted by Gasteiger charge is -2.09. The molecule has 5 heteroatoms. The lowest BCUT2D eigenvalue weighted by molar-refractivity contribution is 0.102. The van der Waals surface area contributed by atoms with E-state index in [4.69, 9.17) is 0 Å². The average Bonchev–Trinajstić information content (AvgIpc) is 2.62. The molecule has 25 heavy (non-hydrogen) atoms. The van der Waals surface area contributed by atoms with Gasteiger partial charge in [-0.15, -0.1) is 0 Å². The summed E-state index contributed by atoms with van der Waals surface area (Å²) in [5.41, 5.74) is 3.36. The van der Waals surface area contributed by atoms with E-state index in [1.807, 2.05) is 61.5 Å². The van der Waals surface area contributed by atoms with E-state index in [0.717, 1.165) is 16.8 Å². The zero-order chi connectivity index (χ0) is 17.6. The van der Waals surface area contributed by atoms with Crippen molar-refractivity contribution in [2.75, 3.05) is 10.6 Å². The zero-order valence-electron chi connectivity index (χ0n) is 14.3. The fourth-order valence-corrected chi connectivity index (χ4v) is 2.40. The number of carbonyl (C=O) groups is 1. The van der Waals surface area contributed by atoms with Gasteiger partial charge < -0.3 is 10.6 Å². The highest BCUT2D eigenvalue weighted by Gasteiger charge is 2.11. The van der Waals surface area contributed by atoms with Crippen molar-refractivity contribution in [2.45, 2.75) is 20.4 Å². The van der Waals surface area contributed by atoms with Crippen LogP contribution in [0.15, 0.2) is 60.7 Å². The van der Waals surface area contributed by atoms with Crippen molar-refractivity contribution < 1.29 is 4.79 Å². The fourth-order valence-electron chi connectivity index (χ4n) is 2.40. The van der Waals surface area contributed by atoms with Gasteiger partial charge in [0.05, 0.1) is 0 Å². The van der Waals surface area contributed by atoms with Crippen molar-refractivity contribution in [3.63, 3.8) is 0 Å². The summed E-state index contributed by atoms with van der Waals surface area (Å²) in [6, 6.07) is 19.3. The van der Waals surface area contributed by atoms with Crippen LogP contribution in [0.1, 0.15) is 27.4 Å². The smallest absolute Gasteiger partial charge is 0.274 e. The number of hydrogen-bond donors (Lipinski definition) is 2. The monoisotopic (exact) mass is 332 g/mol. The molecule has 0 unspecified atom stereocenters. The maximum absolute atomic E-state index is 12.4. The number of amides is 1. The third-order valence-electron chi connectivity index (χ3n) is 3.70. The summed E-state index contributed by atoms with van der Waals surface area (Å²) >= 11 is 0. The topological polar surface area (TPSA) is 66.9 Å². The number of carbonyl (C=O) groups excluding carboxylic acids is 1. The maximum Gasteiger partial charge on any atom is 0.274 e. The predicted molar refractivity (Wildman–Crippen MR) is 99.7 cm³/mol. The van der Waals surface area contributed by atoms with Crippen LogP contribution in [0.3, 0.4) is 0 Å². The maximum atomic E-state index is 12.4. The Labute approximate surface area is 147 Å². The summed E-state index contributed by atoms with van der Waals surface area (Å²) in [6.07, 6.45) is 0. The van der Waals surface area contributed by atoms with Crippen LogP contribution in [-0.2, 0) is 6.54 Å². The molecule has 126 valence electrons. The SMILES string of the molecule is Cc1ccc(NC(=O)c2cc(NCc3ccccc3)nc(C)n2)cc1. The summed E-state index contributed by atoms with van der Waals surface area (Å²) in [5, 5.41) is 6.09. The van der Waals surface area contributed by atoms with Gasteiger partial charge in [0.15, 0.2) is 0 Å². The number of aryl methyl sites for hydroxylation is 2. The van der Waals surface area contributed by atoms with Gasteiger partial charge in [-0.1, -0.05) is 48.0 Å². The minimum atomic E-state index is -0.253. The van der Waals surface area contributed by atoms with Gasteiger partial charge in [-0.3, -0.25) is 4.79 Å². The van der Waals surface area contributed by atoms with Crippen LogP contribution in [0.4, 0.5) is 11.5 Å². The molecule has 1 aromatic heterocycles. The molecule has 0 spiro atoms. The van der Waals surface area contributed by atoms with Crippen molar-refractivity contribution >= 4 is 17.4 Å². The van der Waals surface area contributed by atoms with E-state index in [2.05, 4.69) is 20.6 Å². The molecule has 0 radical (unpaired) electrons. The Morgan fingerprint density at radius 2 is 1.68 bits per heavy atom. The molecule has 1 amide bonds. The second-order valence-corrected chi connectivity index (χ2v) is 5.84. The van der Waals surface area contributed by atoms with Crippen molar-refractivity contribution in [3.8, 4) is 0 Å². The highest BCUT2D eigenvalue weighted by atomic mass is 16.1. The fraction of sp³-hybridized carbons (Fsp3) is 0.150. The van der Waals surface area contributed by atoms with Gasteiger partial charge in [-0.05, 0) is 31.5 Å². The van der Waals surface area contributed by atoms with E-state index >= 15 is 0 Å². The van der Waals surface area contributed by atoms with E-state index in [1.165, 1.54) is 0 Å². The Balaban J connectivity index is 1.72. The highest BCUT2D eigenvalue weighted by molar-refractivity contribution is 6.03. The van der Waals surface area contributed by atoms with Crippen LogP contribution in [0.2, 0.25) is 0 Å². The number of aromatic nitrogens is 2. The van der Waals surface area contributed by atoms with Crippen LogP contribution < -0.4 is 10.6 Å². The zero-order valence-corrected chi connectivity index (χ0v) is 14.3. The molecule has 0 aliphatic rings. The van der Waals surface area contributed by atoms with Gasteiger partial charge in [0.1, 0.15) is 17.3 Å². The second kappa shape index (κ2) is 7.57. The van der Waals surface area contributed by atoms with Crippen LogP contribution in [0.5, 0.6) is 0 Å². The third-order valence-corrected chi connectivity index (χ3v) is 3.70. The second-order valence-electron chi connectivity index (χ2n) is 5.84. The predicted octanol–water partition coefficient (Wildman–Crippen LogP) is 3.96. The number of rotatable bonds is 5. The largest absolute Gasteiger partial charge is 0.366 e. The summed E-state index contributed by atoms with van der Waals surface area (Å²) in [7, 11) is 0. The van der Waals surface area contributed by atoms with Crippen LogP contribution in [0, 0.1) is 13.8 Å². The molecule has 1 heterocycles. The Morgan fingerprint density at radius 1 is 0.960 bits per heavy atom. The lowest BCUT2D eigenvalue weighted by atomic mass is 10.2. The van der Waals surface area contributed by atoms with Crippen LogP contribution in [-0.4, -0.2) is 15.9 Å². The Morgan fingerprint density at radius 3 is 2.40 bits per heavy atom. The number of anilines is 2. The van der Waals surface area contributed by atoms with E-state index < -0.39 is 0 Å². The first kappa shape index (κ1) is 16.6. The molecular weight excluding hydrogens is 312 g/mol. The van der Waals surface area contributed by atoms with Crippen molar-refractivity contribution in [1.29, 1.82) is 0 Å². The van der Waals surface area contributed by atoms with Crippen LogP contribution in [0.25, 0.3) is 0 Å². The minimum absolute atomic E-state index is 0.253. The van der Waals surface area contributed by atoms with Crippen molar-refractivity contribution in [1.82, 2.24) is 9.97 Å². The normalized spacial score (nSPS) is 10.3. The van der Waals surface area contributed by atoms with Gasteiger partial charge in [-0.25, -0.2) is 9.97 Å². The molecule has 2 aromatic carbocycles. The molecule has 0 saturated heterocycles. The lowest BCUT2D eigenvalue weighted by Crippen LogP contribution is -2.15. The van der Waals surface area contributed by atoms with Gasteiger partial charge >= 0.3 is 0 Å². The number of hydrogen-bond acceptors (Lipinski definition) is 4. The summed E-state index contributed by atoms with van der Waals surface area (Å²) in [5.74, 6) is 0.926. The molecular formula is C20H20N4O. The molecule has 0 aliphatic carbocycles. The summed E-state index contributed by atoms with van der Waals surface area (Å²) < 4.78 is 0. The van der Waals surface area contributed by atoms with Gasteiger partial charge in [0, 0.05) is 18.3 Å². The first-order chi connectivity index (χ1) is 12.1. The standard InChI is InChI=1S/C20H20N4O/c1-14-8-10-17(11-9-14)24-20(25)18-12-19(23-15(2)22-18)21-13-16-6-4-3-5-7-16/h3-12H,13H2,1-2H3,(H,24,25)(H,21,22,23). The molecule has 0 aliphatic heterocycles.